The van der Waals surface area contributed by atoms with Crippen molar-refractivity contribution in [1.29, 1.82) is 0 Å². The molecular formula is C9H8NS. The lowest BCUT2D eigenvalue weighted by Crippen LogP contribution is -1.75. The zero-order chi connectivity index (χ0) is 7.68. The molecule has 0 fully saturated rings. The summed E-state index contributed by atoms with van der Waals surface area (Å²) in [4.78, 5) is 4.23. The van der Waals surface area contributed by atoms with Crippen molar-refractivity contribution in [2.45, 2.75) is 6.92 Å². The van der Waals surface area contributed by atoms with Crippen molar-refractivity contribution in [1.82, 2.24) is 4.98 Å². The predicted molar refractivity (Wildman–Crippen MR) is 48.7 cm³/mol. The molecule has 2 rings (SSSR count). The third-order valence-electron chi connectivity index (χ3n) is 1.69. The zero-order valence-electron chi connectivity index (χ0n) is 6.24. The fourth-order valence-corrected chi connectivity index (χ4v) is 1.71. The topological polar surface area (TPSA) is 12.9 Å². The van der Waals surface area contributed by atoms with Crippen LogP contribution in [0.5, 0.6) is 0 Å². The predicted octanol–water partition coefficient (Wildman–Crippen LogP) is 2.87. The number of thiazole rings is 1. The Hall–Kier alpha value is -0.890. The lowest BCUT2D eigenvalue weighted by molar-refractivity contribution is 1.42. The fourth-order valence-electron chi connectivity index (χ4n) is 1.05. The van der Waals surface area contributed by atoms with Crippen molar-refractivity contribution in [2.75, 3.05) is 0 Å². The lowest BCUT2D eigenvalue weighted by Gasteiger charge is -1.93. The van der Waals surface area contributed by atoms with E-state index in [4.69, 9.17) is 0 Å². The van der Waals surface area contributed by atoms with Crippen LogP contribution in [0.4, 0.5) is 0 Å². The van der Waals surface area contributed by atoms with Gasteiger partial charge >= 0.3 is 0 Å². The molecule has 0 aliphatic rings. The molecule has 0 amide bonds. The largest absolute Gasteiger partial charge is 0.245 e. The summed E-state index contributed by atoms with van der Waals surface area (Å²) < 4.78 is 1.26. The van der Waals surface area contributed by atoms with Crippen LogP contribution in [0.15, 0.2) is 23.7 Å². The van der Waals surface area contributed by atoms with Crippen molar-refractivity contribution in [3.63, 3.8) is 0 Å². The molecular weight excluding hydrogens is 154 g/mol. The van der Waals surface area contributed by atoms with Crippen LogP contribution in [0.2, 0.25) is 0 Å². The molecule has 0 unspecified atom stereocenters. The van der Waals surface area contributed by atoms with Gasteiger partial charge in [-0.05, 0) is 24.1 Å². The molecule has 0 aliphatic heterocycles. The third-order valence-corrected chi connectivity index (χ3v) is 2.50. The Balaban J connectivity index is 2.67. The van der Waals surface area contributed by atoms with Crippen LogP contribution in [0.25, 0.3) is 10.2 Å². The maximum atomic E-state index is 4.23. The Morgan fingerprint density at radius 1 is 1.45 bits per heavy atom. The first kappa shape index (κ1) is 6.80. The molecule has 0 atom stereocenters. The summed E-state index contributed by atoms with van der Waals surface area (Å²) in [5, 5.41) is 0. The highest BCUT2D eigenvalue weighted by Crippen LogP contribution is 2.19. The van der Waals surface area contributed by atoms with Crippen LogP contribution in [0.1, 0.15) is 12.5 Å². The molecule has 1 nitrogen and oxygen atoms in total. The van der Waals surface area contributed by atoms with Crippen LogP contribution in [-0.4, -0.2) is 4.98 Å². The second-order valence-electron chi connectivity index (χ2n) is 2.37. The number of fused-ring (bicyclic) bond motifs is 1. The number of benzene rings is 1. The molecule has 1 aromatic heterocycles. The summed E-state index contributed by atoms with van der Waals surface area (Å²) in [7, 11) is 0. The Bertz CT molecular complexity index is 364. The Morgan fingerprint density at radius 3 is 3.18 bits per heavy atom. The molecule has 0 spiro atoms. The highest BCUT2D eigenvalue weighted by molar-refractivity contribution is 7.16. The monoisotopic (exact) mass is 162 g/mol. The van der Waals surface area contributed by atoms with Gasteiger partial charge in [0.2, 0.25) is 0 Å². The smallest absolute Gasteiger partial charge is 0.0814 e. The molecule has 0 aliphatic carbocycles. The first-order valence-corrected chi connectivity index (χ1v) is 4.41. The van der Waals surface area contributed by atoms with E-state index in [1.54, 1.807) is 11.3 Å². The van der Waals surface area contributed by atoms with Gasteiger partial charge in [-0.15, -0.1) is 11.3 Å². The molecule has 1 heterocycles. The van der Waals surface area contributed by atoms with Gasteiger partial charge in [-0.1, -0.05) is 13.0 Å². The number of hydrogen-bond acceptors (Lipinski definition) is 2. The van der Waals surface area contributed by atoms with E-state index in [1.807, 2.05) is 12.4 Å². The Labute approximate surface area is 69.7 Å². The SMILES string of the molecule is C[CH]c1ccc2scnc2c1. The lowest BCUT2D eigenvalue weighted by atomic mass is 10.2. The molecule has 0 saturated heterocycles. The van der Waals surface area contributed by atoms with E-state index in [9.17, 15) is 0 Å². The van der Waals surface area contributed by atoms with E-state index < -0.39 is 0 Å². The normalized spacial score (nSPS) is 10.6. The van der Waals surface area contributed by atoms with Gasteiger partial charge in [-0.3, -0.25) is 0 Å². The number of nitrogens with zero attached hydrogens (tertiary/aromatic N) is 1. The van der Waals surface area contributed by atoms with Gasteiger partial charge in [0.25, 0.3) is 0 Å². The van der Waals surface area contributed by atoms with Crippen molar-refractivity contribution >= 4 is 21.6 Å². The van der Waals surface area contributed by atoms with Crippen LogP contribution >= 0.6 is 11.3 Å². The summed E-state index contributed by atoms with van der Waals surface area (Å²) >= 11 is 1.68. The van der Waals surface area contributed by atoms with Gasteiger partial charge in [-0.25, -0.2) is 4.98 Å². The second-order valence-corrected chi connectivity index (χ2v) is 3.25. The maximum absolute atomic E-state index is 4.23. The molecule has 1 radical (unpaired) electrons. The van der Waals surface area contributed by atoms with Gasteiger partial charge < -0.3 is 0 Å². The van der Waals surface area contributed by atoms with Crippen LogP contribution in [0.3, 0.4) is 0 Å². The van der Waals surface area contributed by atoms with E-state index in [2.05, 4.69) is 29.6 Å². The number of hydrogen-bond donors (Lipinski definition) is 0. The fraction of sp³-hybridized carbons (Fsp3) is 0.111. The van der Waals surface area contributed by atoms with Crippen LogP contribution < -0.4 is 0 Å². The number of aromatic nitrogens is 1. The standard InChI is InChI=1S/C9H8NS/c1-2-7-3-4-9-8(5-7)10-6-11-9/h2-6H,1H3. The summed E-state index contributed by atoms with van der Waals surface area (Å²) in [6.07, 6.45) is 2.08. The minimum Gasteiger partial charge on any atom is -0.245 e. The van der Waals surface area contributed by atoms with Gasteiger partial charge in [0.1, 0.15) is 0 Å². The van der Waals surface area contributed by atoms with Gasteiger partial charge in [0.05, 0.1) is 15.7 Å². The molecule has 0 bridgehead atoms. The molecule has 11 heavy (non-hydrogen) atoms. The van der Waals surface area contributed by atoms with Crippen molar-refractivity contribution in [3.05, 3.63) is 35.7 Å². The average Bonchev–Trinajstić information content (AvgIpc) is 2.50. The number of rotatable bonds is 1. The molecule has 0 N–H and O–H groups in total. The quantitative estimate of drug-likeness (QED) is 0.628. The second kappa shape index (κ2) is 2.62. The molecule has 0 saturated carbocycles. The molecule has 2 heteroatoms. The highest BCUT2D eigenvalue weighted by Gasteiger charge is 1.95. The van der Waals surface area contributed by atoms with Gasteiger partial charge in [0.15, 0.2) is 0 Å². The Kier molecular flexibility index (Phi) is 1.62. The summed E-state index contributed by atoms with van der Waals surface area (Å²) in [6, 6.07) is 6.33. The molecule has 2 aromatic rings. The minimum atomic E-state index is 1.10. The highest BCUT2D eigenvalue weighted by atomic mass is 32.1. The van der Waals surface area contributed by atoms with E-state index in [1.165, 1.54) is 10.3 Å². The maximum Gasteiger partial charge on any atom is 0.0814 e. The van der Waals surface area contributed by atoms with E-state index in [0.29, 0.717) is 0 Å². The summed E-state index contributed by atoms with van der Waals surface area (Å²) in [5.74, 6) is 0. The van der Waals surface area contributed by atoms with Crippen LogP contribution in [0, 0.1) is 6.42 Å². The van der Waals surface area contributed by atoms with Gasteiger partial charge in [-0.2, -0.15) is 0 Å². The van der Waals surface area contributed by atoms with Crippen molar-refractivity contribution in [2.24, 2.45) is 0 Å². The van der Waals surface area contributed by atoms with Crippen molar-refractivity contribution < 1.29 is 0 Å². The first-order valence-electron chi connectivity index (χ1n) is 3.53. The van der Waals surface area contributed by atoms with Crippen molar-refractivity contribution in [3.8, 4) is 0 Å². The third kappa shape index (κ3) is 1.14. The van der Waals surface area contributed by atoms with E-state index in [-0.39, 0.29) is 0 Å². The average molecular weight is 162 g/mol. The Morgan fingerprint density at radius 2 is 2.36 bits per heavy atom. The van der Waals surface area contributed by atoms with Gasteiger partial charge in [0, 0.05) is 0 Å². The van der Waals surface area contributed by atoms with Crippen LogP contribution in [-0.2, 0) is 0 Å². The zero-order valence-corrected chi connectivity index (χ0v) is 7.06. The van der Waals surface area contributed by atoms with E-state index >= 15 is 0 Å². The molecule has 55 valence electrons. The van der Waals surface area contributed by atoms with E-state index in [0.717, 1.165) is 5.52 Å². The first-order chi connectivity index (χ1) is 5.40. The molecule has 1 aromatic carbocycles. The minimum absolute atomic E-state index is 1.10. The summed E-state index contributed by atoms with van der Waals surface area (Å²) in [6.45, 7) is 2.04. The summed E-state index contributed by atoms with van der Waals surface area (Å²) in [5.41, 5.74) is 4.22.